The second kappa shape index (κ2) is 4.52. The van der Waals surface area contributed by atoms with Crippen molar-refractivity contribution in [3.8, 4) is 0 Å². The molecule has 0 radical (unpaired) electrons. The normalized spacial score (nSPS) is 8.91. The van der Waals surface area contributed by atoms with Crippen LogP contribution >= 0.6 is 12.2 Å². The number of nitrogens with zero attached hydrogens (tertiary/aromatic N) is 2. The van der Waals surface area contributed by atoms with Gasteiger partial charge < -0.3 is 24.8 Å². The molecule has 0 saturated carbocycles. The molecule has 1 heterocycles. The maximum atomic E-state index is 4.75. The van der Waals surface area contributed by atoms with Gasteiger partial charge in [-0.25, -0.2) is 0 Å². The average Bonchev–Trinajstić information content (AvgIpc) is 2.13. The van der Waals surface area contributed by atoms with Crippen LogP contribution in [0.3, 0.4) is 0 Å². The van der Waals surface area contributed by atoms with Crippen LogP contribution < -0.4 is 29.6 Å². The van der Waals surface area contributed by atoms with Gasteiger partial charge in [-0.3, -0.25) is 4.68 Å². The predicted octanol–water partition coefficient (Wildman–Crippen LogP) is -1.82. The maximum Gasteiger partial charge on any atom is 1.00 e. The predicted molar refractivity (Wildman–Crippen MR) is 47.1 cm³/mol. The van der Waals surface area contributed by atoms with E-state index >= 15 is 0 Å². The minimum absolute atomic E-state index is 0. The first-order chi connectivity index (χ1) is 4.61. The summed E-state index contributed by atoms with van der Waals surface area (Å²) in [5.41, 5.74) is 2.10. The van der Waals surface area contributed by atoms with Crippen LogP contribution in [0.15, 0.2) is 6.20 Å². The van der Waals surface area contributed by atoms with Crippen LogP contribution in [0.25, 0.3) is 0 Å². The van der Waals surface area contributed by atoms with Crippen molar-refractivity contribution in [1.82, 2.24) is 9.78 Å². The second-order valence-electron chi connectivity index (χ2n) is 2.11. The quantitative estimate of drug-likeness (QED) is 0.275. The topological polar surface area (TPSA) is 17.8 Å². The van der Waals surface area contributed by atoms with Crippen LogP contribution in [0.2, 0.25) is 0 Å². The van der Waals surface area contributed by atoms with E-state index in [-0.39, 0.29) is 29.6 Å². The van der Waals surface area contributed by atoms with E-state index in [0.29, 0.717) is 4.32 Å². The molecular weight excluding hydrogens is 187 g/mol. The molecule has 11 heavy (non-hydrogen) atoms. The Balaban J connectivity index is 0.000001000. The maximum absolute atomic E-state index is 4.75. The van der Waals surface area contributed by atoms with Gasteiger partial charge in [-0.05, 0) is 23.7 Å². The van der Waals surface area contributed by atoms with E-state index in [4.69, 9.17) is 24.8 Å². The number of hydrogen-bond donors (Lipinski definition) is 0. The van der Waals surface area contributed by atoms with Gasteiger partial charge >= 0.3 is 29.6 Å². The largest absolute Gasteiger partial charge is 1.00 e. The van der Waals surface area contributed by atoms with E-state index in [1.54, 1.807) is 0 Å². The first kappa shape index (κ1) is 11.5. The SMILES string of the molecule is Cc1cn(C(=S)[S-])nc1C.[Na+]. The average molecular weight is 194 g/mol. The molecule has 54 valence electrons. The molecule has 0 spiro atoms. The van der Waals surface area contributed by atoms with Gasteiger partial charge in [0.05, 0.1) is 5.69 Å². The first-order valence-corrected chi connectivity index (χ1v) is 3.67. The number of aryl methyl sites for hydroxylation is 2. The van der Waals surface area contributed by atoms with Crippen molar-refractivity contribution < 1.29 is 29.6 Å². The summed E-state index contributed by atoms with van der Waals surface area (Å²) in [4.78, 5) is 0. The van der Waals surface area contributed by atoms with E-state index in [2.05, 4.69) is 5.10 Å². The third-order valence-electron chi connectivity index (χ3n) is 1.33. The summed E-state index contributed by atoms with van der Waals surface area (Å²) in [5, 5.41) is 4.08. The van der Waals surface area contributed by atoms with Gasteiger partial charge in [-0.2, -0.15) is 5.10 Å². The van der Waals surface area contributed by atoms with Crippen molar-refractivity contribution in [1.29, 1.82) is 0 Å². The summed E-state index contributed by atoms with van der Waals surface area (Å²) in [5.74, 6) is 0. The van der Waals surface area contributed by atoms with Crippen LogP contribution in [0.1, 0.15) is 11.3 Å². The van der Waals surface area contributed by atoms with Crippen molar-refractivity contribution in [3.63, 3.8) is 0 Å². The molecule has 1 aromatic rings. The molecule has 0 aliphatic rings. The Morgan fingerprint density at radius 2 is 2.18 bits per heavy atom. The summed E-state index contributed by atoms with van der Waals surface area (Å²) in [6, 6.07) is 0. The van der Waals surface area contributed by atoms with Gasteiger partial charge in [-0.15, -0.1) is 0 Å². The van der Waals surface area contributed by atoms with Crippen LogP contribution in [0.5, 0.6) is 0 Å². The van der Waals surface area contributed by atoms with Crippen LogP contribution in [-0.2, 0) is 12.6 Å². The molecule has 0 N–H and O–H groups in total. The molecule has 0 saturated heterocycles. The molecule has 0 aliphatic heterocycles. The van der Waals surface area contributed by atoms with Gasteiger partial charge in [0.15, 0.2) is 0 Å². The molecule has 2 nitrogen and oxygen atoms in total. The molecule has 0 atom stereocenters. The van der Waals surface area contributed by atoms with Crippen LogP contribution in [0.4, 0.5) is 0 Å². The molecule has 0 unspecified atom stereocenters. The van der Waals surface area contributed by atoms with Gasteiger partial charge in [0.25, 0.3) is 0 Å². The summed E-state index contributed by atoms with van der Waals surface area (Å²) in [7, 11) is 0. The van der Waals surface area contributed by atoms with E-state index < -0.39 is 0 Å². The Bertz CT molecular complexity index is 250. The van der Waals surface area contributed by atoms with Gasteiger partial charge in [0.1, 0.15) is 0 Å². The summed E-state index contributed by atoms with van der Waals surface area (Å²) >= 11 is 9.50. The Morgan fingerprint density at radius 3 is 2.36 bits per heavy atom. The number of hydrogen-bond acceptors (Lipinski definition) is 3. The Labute approximate surface area is 99.1 Å². The Morgan fingerprint density at radius 1 is 1.64 bits per heavy atom. The van der Waals surface area contributed by atoms with Crippen molar-refractivity contribution >= 4 is 29.2 Å². The van der Waals surface area contributed by atoms with Gasteiger partial charge in [0, 0.05) is 6.20 Å². The van der Waals surface area contributed by atoms with Gasteiger partial charge in [-0.1, -0.05) is 0 Å². The third-order valence-corrected chi connectivity index (χ3v) is 1.71. The van der Waals surface area contributed by atoms with Crippen molar-refractivity contribution in [2.75, 3.05) is 0 Å². The van der Waals surface area contributed by atoms with Crippen LogP contribution in [-0.4, -0.2) is 14.1 Å². The van der Waals surface area contributed by atoms with E-state index in [0.717, 1.165) is 11.3 Å². The molecule has 1 aromatic heterocycles. The van der Waals surface area contributed by atoms with Gasteiger partial charge in [0.2, 0.25) is 0 Å². The fourth-order valence-corrected chi connectivity index (χ4v) is 0.827. The smallest absolute Gasteiger partial charge is 0.409 e. The minimum atomic E-state index is 0. The van der Waals surface area contributed by atoms with Crippen molar-refractivity contribution in [2.24, 2.45) is 0 Å². The number of aromatic nitrogens is 2. The third kappa shape index (κ3) is 2.80. The molecule has 0 amide bonds. The summed E-state index contributed by atoms with van der Waals surface area (Å²) in [6.07, 6.45) is 1.84. The number of thiocarbonyl (C=S) groups is 1. The zero-order chi connectivity index (χ0) is 7.72. The summed E-state index contributed by atoms with van der Waals surface area (Å²) in [6.45, 7) is 3.91. The van der Waals surface area contributed by atoms with Crippen molar-refractivity contribution in [3.05, 3.63) is 17.5 Å². The fourth-order valence-electron chi connectivity index (χ4n) is 0.640. The Kier molecular flexibility index (Phi) is 4.74. The molecule has 5 heteroatoms. The fraction of sp³-hybridized carbons (Fsp3) is 0.333. The summed E-state index contributed by atoms with van der Waals surface area (Å²) < 4.78 is 1.91. The van der Waals surface area contributed by atoms with Crippen molar-refractivity contribution in [2.45, 2.75) is 13.8 Å². The molecule has 1 rings (SSSR count). The number of rotatable bonds is 0. The molecule has 0 fully saturated rings. The molecule has 0 aliphatic carbocycles. The minimum Gasteiger partial charge on any atom is -0.409 e. The second-order valence-corrected chi connectivity index (χ2v) is 3.14. The first-order valence-electron chi connectivity index (χ1n) is 2.85. The van der Waals surface area contributed by atoms with E-state index in [1.165, 1.54) is 4.68 Å². The van der Waals surface area contributed by atoms with Crippen LogP contribution in [0, 0.1) is 13.8 Å². The Hall–Kier alpha value is 0.520. The monoisotopic (exact) mass is 194 g/mol. The van der Waals surface area contributed by atoms with E-state index in [9.17, 15) is 0 Å². The molecule has 0 bridgehead atoms. The zero-order valence-corrected chi connectivity index (χ0v) is 10.4. The molecular formula is C6H7N2NaS2. The zero-order valence-electron chi connectivity index (χ0n) is 6.79. The van der Waals surface area contributed by atoms with E-state index in [1.807, 2.05) is 20.0 Å². The standard InChI is InChI=1S/C6H8N2S2.Na/c1-4-3-8(6(9)10)7-5(4)2;/h3H,1-2H3,(H,9,10);/q;+1/p-1. The molecule has 0 aromatic carbocycles.